The second-order valence-corrected chi connectivity index (χ2v) is 2.99. The van der Waals surface area contributed by atoms with Crippen LogP contribution in [0, 0.1) is 0 Å². The van der Waals surface area contributed by atoms with Gasteiger partial charge in [-0.25, -0.2) is 0 Å². The van der Waals surface area contributed by atoms with Crippen LogP contribution in [0.3, 0.4) is 0 Å². The Morgan fingerprint density at radius 1 is 1.57 bits per heavy atom. The SMILES string of the molecule is COC(C)c1cccc(/C(N)=N\O)c1. The minimum absolute atomic E-state index is 0.00134. The van der Waals surface area contributed by atoms with E-state index in [9.17, 15) is 0 Å². The Bertz CT molecular complexity index is 337. The quantitative estimate of drug-likeness (QED) is 0.331. The number of ether oxygens (including phenoxy) is 1. The van der Waals surface area contributed by atoms with Gasteiger partial charge in [-0.05, 0) is 18.6 Å². The first-order valence-corrected chi connectivity index (χ1v) is 4.29. The number of nitrogens with two attached hydrogens (primary N) is 1. The Balaban J connectivity index is 3.01. The number of hydrogen-bond donors (Lipinski definition) is 2. The highest BCUT2D eigenvalue weighted by Gasteiger charge is 2.05. The molecule has 0 amide bonds. The Labute approximate surface area is 83.0 Å². The molecule has 0 spiro atoms. The molecule has 4 nitrogen and oxygen atoms in total. The summed E-state index contributed by atoms with van der Waals surface area (Å²) >= 11 is 0. The van der Waals surface area contributed by atoms with Crippen LogP contribution < -0.4 is 5.73 Å². The standard InChI is InChI=1S/C10H14N2O2/c1-7(14-2)8-4-3-5-9(6-8)10(11)12-13/h3-7,13H,1-2H3,(H2,11,12). The van der Waals surface area contributed by atoms with E-state index < -0.39 is 0 Å². The number of nitrogens with zero attached hydrogens (tertiary/aromatic N) is 1. The molecule has 1 aromatic carbocycles. The van der Waals surface area contributed by atoms with Crippen molar-refractivity contribution in [2.24, 2.45) is 10.9 Å². The molecule has 0 heterocycles. The summed E-state index contributed by atoms with van der Waals surface area (Å²) < 4.78 is 5.16. The highest BCUT2D eigenvalue weighted by molar-refractivity contribution is 5.97. The Morgan fingerprint density at radius 3 is 2.86 bits per heavy atom. The predicted molar refractivity (Wildman–Crippen MR) is 54.4 cm³/mol. The first-order chi connectivity index (χ1) is 6.69. The van der Waals surface area contributed by atoms with Crippen LogP contribution in [0.1, 0.15) is 24.2 Å². The fourth-order valence-corrected chi connectivity index (χ4v) is 1.14. The molecule has 3 N–H and O–H groups in total. The molecule has 1 aromatic rings. The van der Waals surface area contributed by atoms with Crippen molar-refractivity contribution < 1.29 is 9.94 Å². The van der Waals surface area contributed by atoms with Gasteiger partial charge in [-0.2, -0.15) is 0 Å². The van der Waals surface area contributed by atoms with Gasteiger partial charge in [0.05, 0.1) is 6.10 Å². The smallest absolute Gasteiger partial charge is 0.170 e. The van der Waals surface area contributed by atoms with E-state index >= 15 is 0 Å². The normalized spacial score (nSPS) is 14.0. The van der Waals surface area contributed by atoms with Gasteiger partial charge in [0.15, 0.2) is 5.84 Å². The first kappa shape index (κ1) is 10.5. The summed E-state index contributed by atoms with van der Waals surface area (Å²) in [5.41, 5.74) is 7.15. The number of benzene rings is 1. The molecule has 0 aliphatic rings. The lowest BCUT2D eigenvalue weighted by atomic mass is 10.1. The van der Waals surface area contributed by atoms with Gasteiger partial charge in [0, 0.05) is 12.7 Å². The highest BCUT2D eigenvalue weighted by Crippen LogP contribution is 2.16. The minimum atomic E-state index is 0.00134. The molecule has 0 bridgehead atoms. The van der Waals surface area contributed by atoms with Gasteiger partial charge in [-0.1, -0.05) is 23.4 Å². The summed E-state index contributed by atoms with van der Waals surface area (Å²) in [7, 11) is 1.64. The Kier molecular flexibility index (Phi) is 3.48. The van der Waals surface area contributed by atoms with Crippen molar-refractivity contribution in [2.45, 2.75) is 13.0 Å². The maximum Gasteiger partial charge on any atom is 0.170 e. The molecular weight excluding hydrogens is 180 g/mol. The van der Waals surface area contributed by atoms with Crippen LogP contribution in [-0.2, 0) is 4.74 Å². The van der Waals surface area contributed by atoms with E-state index in [0.717, 1.165) is 5.56 Å². The third-order valence-corrected chi connectivity index (χ3v) is 2.11. The predicted octanol–water partition coefficient (Wildman–Crippen LogP) is 1.49. The van der Waals surface area contributed by atoms with Gasteiger partial charge >= 0.3 is 0 Å². The van der Waals surface area contributed by atoms with Gasteiger partial charge in [-0.15, -0.1) is 0 Å². The molecule has 14 heavy (non-hydrogen) atoms. The van der Waals surface area contributed by atoms with Gasteiger partial charge in [0.25, 0.3) is 0 Å². The topological polar surface area (TPSA) is 67.8 Å². The van der Waals surface area contributed by atoms with Gasteiger partial charge in [-0.3, -0.25) is 0 Å². The zero-order valence-corrected chi connectivity index (χ0v) is 8.27. The summed E-state index contributed by atoms with van der Waals surface area (Å²) in [6.45, 7) is 1.94. The third kappa shape index (κ3) is 2.23. The summed E-state index contributed by atoms with van der Waals surface area (Å²) in [6.07, 6.45) is 0.00134. The molecule has 1 atom stereocenters. The number of oxime groups is 1. The van der Waals surface area contributed by atoms with Crippen molar-refractivity contribution >= 4 is 5.84 Å². The molecule has 0 radical (unpaired) electrons. The first-order valence-electron chi connectivity index (χ1n) is 4.29. The van der Waals surface area contributed by atoms with Gasteiger partial charge in [0.1, 0.15) is 0 Å². The molecule has 4 heteroatoms. The van der Waals surface area contributed by atoms with E-state index in [2.05, 4.69) is 5.16 Å². The van der Waals surface area contributed by atoms with Crippen LogP contribution in [0.5, 0.6) is 0 Å². The second kappa shape index (κ2) is 4.62. The van der Waals surface area contributed by atoms with Crippen LogP contribution in [0.4, 0.5) is 0 Å². The molecule has 0 saturated carbocycles. The van der Waals surface area contributed by atoms with Crippen LogP contribution in [0.2, 0.25) is 0 Å². The maximum atomic E-state index is 8.51. The van der Waals surface area contributed by atoms with Crippen molar-refractivity contribution in [1.82, 2.24) is 0 Å². The molecule has 76 valence electrons. The zero-order chi connectivity index (χ0) is 10.6. The number of hydrogen-bond acceptors (Lipinski definition) is 3. The number of methoxy groups -OCH3 is 1. The fourth-order valence-electron chi connectivity index (χ4n) is 1.14. The summed E-state index contributed by atoms with van der Waals surface area (Å²) in [5.74, 6) is 0.107. The Morgan fingerprint density at radius 2 is 2.29 bits per heavy atom. The monoisotopic (exact) mass is 194 g/mol. The number of amidine groups is 1. The fraction of sp³-hybridized carbons (Fsp3) is 0.300. The lowest BCUT2D eigenvalue weighted by Crippen LogP contribution is -2.13. The van der Waals surface area contributed by atoms with Crippen molar-refractivity contribution in [1.29, 1.82) is 0 Å². The zero-order valence-electron chi connectivity index (χ0n) is 8.27. The van der Waals surface area contributed by atoms with E-state index in [1.54, 1.807) is 13.2 Å². The summed E-state index contributed by atoms with van der Waals surface area (Å²) in [4.78, 5) is 0. The average Bonchev–Trinajstić information content (AvgIpc) is 2.27. The molecule has 0 aliphatic carbocycles. The van der Waals surface area contributed by atoms with Crippen molar-refractivity contribution in [3.8, 4) is 0 Å². The molecule has 0 aromatic heterocycles. The lowest BCUT2D eigenvalue weighted by molar-refractivity contribution is 0.119. The molecular formula is C10H14N2O2. The third-order valence-electron chi connectivity index (χ3n) is 2.11. The van der Waals surface area contributed by atoms with E-state index in [-0.39, 0.29) is 11.9 Å². The van der Waals surface area contributed by atoms with Crippen molar-refractivity contribution in [3.05, 3.63) is 35.4 Å². The molecule has 0 fully saturated rings. The van der Waals surface area contributed by atoms with E-state index in [4.69, 9.17) is 15.7 Å². The van der Waals surface area contributed by atoms with Gasteiger partial charge < -0.3 is 15.7 Å². The van der Waals surface area contributed by atoms with Crippen LogP contribution in [0.25, 0.3) is 0 Å². The highest BCUT2D eigenvalue weighted by atomic mass is 16.5. The molecule has 0 saturated heterocycles. The molecule has 1 unspecified atom stereocenters. The van der Waals surface area contributed by atoms with E-state index in [1.807, 2.05) is 25.1 Å². The van der Waals surface area contributed by atoms with Crippen molar-refractivity contribution in [3.63, 3.8) is 0 Å². The largest absolute Gasteiger partial charge is 0.409 e. The Hall–Kier alpha value is -1.55. The van der Waals surface area contributed by atoms with Crippen molar-refractivity contribution in [2.75, 3.05) is 7.11 Å². The van der Waals surface area contributed by atoms with E-state index in [1.165, 1.54) is 0 Å². The van der Waals surface area contributed by atoms with Crippen LogP contribution in [0.15, 0.2) is 29.4 Å². The summed E-state index contributed by atoms with van der Waals surface area (Å²) in [6, 6.07) is 7.39. The summed E-state index contributed by atoms with van der Waals surface area (Å²) in [5, 5.41) is 11.4. The molecule has 0 aliphatic heterocycles. The van der Waals surface area contributed by atoms with Crippen LogP contribution in [-0.4, -0.2) is 18.2 Å². The van der Waals surface area contributed by atoms with E-state index in [0.29, 0.717) is 5.56 Å². The maximum absolute atomic E-state index is 8.51. The molecule has 1 rings (SSSR count). The number of rotatable bonds is 3. The van der Waals surface area contributed by atoms with Crippen LogP contribution >= 0.6 is 0 Å². The average molecular weight is 194 g/mol. The lowest BCUT2D eigenvalue weighted by Gasteiger charge is -2.10. The minimum Gasteiger partial charge on any atom is -0.409 e. The van der Waals surface area contributed by atoms with Gasteiger partial charge in [0.2, 0.25) is 0 Å². The second-order valence-electron chi connectivity index (χ2n) is 2.99.